The van der Waals surface area contributed by atoms with Crippen molar-refractivity contribution in [3.05, 3.63) is 29.5 Å². The van der Waals surface area contributed by atoms with Crippen LogP contribution in [0.1, 0.15) is 50.3 Å². The number of H-pyrrole nitrogens is 1. The number of aromatic nitrogens is 1. The predicted molar refractivity (Wildman–Crippen MR) is 97.8 cm³/mol. The first kappa shape index (κ1) is 14.8. The van der Waals surface area contributed by atoms with Crippen molar-refractivity contribution in [3.63, 3.8) is 0 Å². The predicted octanol–water partition coefficient (Wildman–Crippen LogP) is 4.33. The van der Waals surface area contributed by atoms with E-state index in [0.29, 0.717) is 5.92 Å². The highest BCUT2D eigenvalue weighted by molar-refractivity contribution is 5.86. The molecule has 128 valence electrons. The number of ether oxygens (including phenoxy) is 1. The van der Waals surface area contributed by atoms with Crippen LogP contribution in [0.15, 0.2) is 18.2 Å². The van der Waals surface area contributed by atoms with E-state index < -0.39 is 0 Å². The molecule has 1 saturated carbocycles. The van der Waals surface area contributed by atoms with Gasteiger partial charge in [-0.05, 0) is 61.8 Å². The second kappa shape index (κ2) is 5.52. The van der Waals surface area contributed by atoms with Crippen LogP contribution in [0.2, 0.25) is 0 Å². The van der Waals surface area contributed by atoms with Gasteiger partial charge in [0.1, 0.15) is 5.75 Å². The molecule has 3 aliphatic heterocycles. The Morgan fingerprint density at radius 2 is 2.17 bits per heavy atom. The number of hydrogen-bond acceptors (Lipinski definition) is 2. The Balaban J connectivity index is 1.63. The molecule has 3 nitrogen and oxygen atoms in total. The van der Waals surface area contributed by atoms with E-state index in [-0.39, 0.29) is 0 Å². The Kier molecular flexibility index (Phi) is 3.41. The highest BCUT2D eigenvalue weighted by Crippen LogP contribution is 2.51. The number of nitrogens with one attached hydrogen (secondary N) is 1. The Morgan fingerprint density at radius 3 is 3.00 bits per heavy atom. The molecule has 1 unspecified atom stereocenters. The Morgan fingerprint density at radius 1 is 1.25 bits per heavy atom. The Labute approximate surface area is 144 Å². The van der Waals surface area contributed by atoms with Crippen LogP contribution < -0.4 is 4.74 Å². The second-order valence-electron chi connectivity index (χ2n) is 8.01. The van der Waals surface area contributed by atoms with E-state index in [1.165, 1.54) is 49.7 Å². The fourth-order valence-corrected chi connectivity index (χ4v) is 5.93. The van der Waals surface area contributed by atoms with Crippen molar-refractivity contribution < 1.29 is 4.74 Å². The molecule has 4 bridgehead atoms. The van der Waals surface area contributed by atoms with Gasteiger partial charge in [-0.15, -0.1) is 0 Å². The molecular formula is C21H28N2O. The molecule has 4 heterocycles. The molecule has 1 aliphatic carbocycles. The summed E-state index contributed by atoms with van der Waals surface area (Å²) in [6, 6.07) is 7.34. The molecule has 4 aliphatic rings. The number of nitrogens with zero attached hydrogens (tertiary/aromatic N) is 1. The fraction of sp³-hybridized carbons (Fsp3) is 0.619. The van der Waals surface area contributed by atoms with Crippen molar-refractivity contribution in [2.75, 3.05) is 19.7 Å². The molecule has 1 N–H and O–H groups in total. The highest BCUT2D eigenvalue weighted by Gasteiger charge is 2.48. The molecule has 1 aromatic heterocycles. The monoisotopic (exact) mass is 324 g/mol. The normalized spacial score (nSPS) is 34.2. The minimum atomic E-state index is 0.711. The molecular weight excluding hydrogens is 296 g/mol. The molecule has 6 rings (SSSR count). The van der Waals surface area contributed by atoms with Crippen LogP contribution in [0, 0.1) is 11.8 Å². The molecule has 2 saturated heterocycles. The highest BCUT2D eigenvalue weighted by atomic mass is 16.5. The standard InChI is InChI=1S/C21H28N2O/c1-3-14-9-13-10-18-20-16(7-8-23(12-13)21(14)18)17-11-15(24-4-2)5-6-19(17)22-20/h5-6,11,13-14,18,21-22H,3-4,7-10,12H2,1-2H3/t13-,14+,18+,21+/m1/s1. The molecule has 1 aromatic carbocycles. The summed E-state index contributed by atoms with van der Waals surface area (Å²) >= 11 is 0. The van der Waals surface area contributed by atoms with Gasteiger partial charge in [0.2, 0.25) is 0 Å². The van der Waals surface area contributed by atoms with Crippen LogP contribution in [0.25, 0.3) is 10.9 Å². The number of rotatable bonds is 3. The summed E-state index contributed by atoms with van der Waals surface area (Å²) in [6.45, 7) is 7.74. The molecule has 0 spiro atoms. The summed E-state index contributed by atoms with van der Waals surface area (Å²) in [5.41, 5.74) is 4.42. The fourth-order valence-electron chi connectivity index (χ4n) is 5.93. The van der Waals surface area contributed by atoms with Crippen molar-refractivity contribution in [3.8, 4) is 5.75 Å². The van der Waals surface area contributed by atoms with E-state index in [2.05, 4.69) is 41.9 Å². The number of piperidine rings is 2. The lowest BCUT2D eigenvalue weighted by atomic mass is 9.65. The van der Waals surface area contributed by atoms with E-state index in [1.54, 1.807) is 11.3 Å². The largest absolute Gasteiger partial charge is 0.494 e. The van der Waals surface area contributed by atoms with Crippen LogP contribution >= 0.6 is 0 Å². The summed E-state index contributed by atoms with van der Waals surface area (Å²) in [7, 11) is 0. The first-order valence-electron chi connectivity index (χ1n) is 9.79. The SMILES string of the molecule is CCOc1ccc2[nH]c3c(c2c1)CCN1C[C@@H]2C[C@H](CC)[C@H]1[C@H]3C2. The first-order valence-corrected chi connectivity index (χ1v) is 9.79. The minimum Gasteiger partial charge on any atom is -0.494 e. The van der Waals surface area contributed by atoms with Crippen molar-refractivity contribution in [2.45, 2.75) is 51.5 Å². The van der Waals surface area contributed by atoms with Gasteiger partial charge >= 0.3 is 0 Å². The molecule has 0 radical (unpaired) electrons. The van der Waals surface area contributed by atoms with Crippen LogP contribution in [-0.4, -0.2) is 35.6 Å². The van der Waals surface area contributed by atoms with Crippen LogP contribution in [0.4, 0.5) is 0 Å². The number of fused-ring (bicyclic) bond motifs is 4. The van der Waals surface area contributed by atoms with Gasteiger partial charge in [0, 0.05) is 41.6 Å². The van der Waals surface area contributed by atoms with E-state index in [1.807, 2.05) is 0 Å². The maximum Gasteiger partial charge on any atom is 0.120 e. The van der Waals surface area contributed by atoms with Crippen molar-refractivity contribution in [2.24, 2.45) is 11.8 Å². The van der Waals surface area contributed by atoms with Crippen LogP contribution in [-0.2, 0) is 6.42 Å². The van der Waals surface area contributed by atoms with Gasteiger partial charge in [-0.2, -0.15) is 0 Å². The lowest BCUT2D eigenvalue weighted by Gasteiger charge is -2.53. The summed E-state index contributed by atoms with van der Waals surface area (Å²) in [5, 5.41) is 1.40. The third-order valence-electron chi connectivity index (χ3n) is 6.80. The lowest BCUT2D eigenvalue weighted by molar-refractivity contribution is -0.0134. The molecule has 5 atom stereocenters. The Hall–Kier alpha value is -1.48. The third-order valence-corrected chi connectivity index (χ3v) is 6.80. The summed E-state index contributed by atoms with van der Waals surface area (Å²) in [5.74, 6) is 3.51. The quantitative estimate of drug-likeness (QED) is 0.910. The number of hydrogen-bond donors (Lipinski definition) is 1. The molecule has 3 fully saturated rings. The van der Waals surface area contributed by atoms with Crippen molar-refractivity contribution >= 4 is 10.9 Å². The minimum absolute atomic E-state index is 0.711. The zero-order valence-electron chi connectivity index (χ0n) is 14.8. The van der Waals surface area contributed by atoms with Gasteiger partial charge < -0.3 is 9.72 Å². The smallest absolute Gasteiger partial charge is 0.120 e. The van der Waals surface area contributed by atoms with E-state index in [9.17, 15) is 0 Å². The Bertz CT molecular complexity index is 765. The first-order chi connectivity index (χ1) is 11.8. The van der Waals surface area contributed by atoms with Gasteiger partial charge in [-0.25, -0.2) is 0 Å². The second-order valence-corrected chi connectivity index (χ2v) is 8.01. The van der Waals surface area contributed by atoms with Gasteiger partial charge in [-0.3, -0.25) is 4.90 Å². The number of benzene rings is 1. The summed E-state index contributed by atoms with van der Waals surface area (Å²) < 4.78 is 5.75. The summed E-state index contributed by atoms with van der Waals surface area (Å²) in [6.07, 6.45) is 5.35. The molecule has 3 heteroatoms. The summed E-state index contributed by atoms with van der Waals surface area (Å²) in [4.78, 5) is 6.65. The maximum absolute atomic E-state index is 5.75. The van der Waals surface area contributed by atoms with Gasteiger partial charge in [-0.1, -0.05) is 13.3 Å². The van der Waals surface area contributed by atoms with Gasteiger partial charge in [0.05, 0.1) is 6.61 Å². The molecule has 24 heavy (non-hydrogen) atoms. The van der Waals surface area contributed by atoms with E-state index in [4.69, 9.17) is 4.74 Å². The average Bonchev–Trinajstić information content (AvgIpc) is 2.92. The van der Waals surface area contributed by atoms with Gasteiger partial charge in [0.15, 0.2) is 0 Å². The van der Waals surface area contributed by atoms with Crippen LogP contribution in [0.5, 0.6) is 5.75 Å². The molecule has 2 aromatic rings. The maximum atomic E-state index is 5.75. The van der Waals surface area contributed by atoms with Crippen LogP contribution in [0.3, 0.4) is 0 Å². The zero-order valence-corrected chi connectivity index (χ0v) is 14.8. The number of aromatic amines is 1. The average molecular weight is 324 g/mol. The van der Waals surface area contributed by atoms with E-state index >= 15 is 0 Å². The molecule has 0 amide bonds. The lowest BCUT2D eigenvalue weighted by Crippen LogP contribution is -2.56. The zero-order chi connectivity index (χ0) is 16.3. The van der Waals surface area contributed by atoms with E-state index in [0.717, 1.165) is 30.2 Å². The van der Waals surface area contributed by atoms with Crippen molar-refractivity contribution in [1.82, 2.24) is 9.88 Å². The third kappa shape index (κ3) is 2.07. The van der Waals surface area contributed by atoms with Gasteiger partial charge in [0.25, 0.3) is 0 Å². The topological polar surface area (TPSA) is 28.3 Å². The van der Waals surface area contributed by atoms with Crippen molar-refractivity contribution in [1.29, 1.82) is 0 Å².